The third-order valence-corrected chi connectivity index (χ3v) is 18.1. The molecule has 5 rings (SSSR count). The highest BCUT2D eigenvalue weighted by atomic mass is 35.5. The molecule has 90 heavy (non-hydrogen) atoms. The number of benzene rings is 2. The van der Waals surface area contributed by atoms with Crippen LogP contribution in [-0.2, 0) is 71.8 Å². The summed E-state index contributed by atoms with van der Waals surface area (Å²) in [6.45, 7) is 11.5. The number of fused-ring (bicyclic) bond motifs is 3. The molecule has 2 aliphatic heterocycles. The molecule has 1 aliphatic carbocycles. The number of hydrogen-bond donors (Lipinski definition) is 4. The maximum atomic E-state index is 15.4. The molecule has 0 radical (unpaired) electrons. The van der Waals surface area contributed by atoms with Gasteiger partial charge in [0.15, 0.2) is 0 Å². The fourth-order valence-corrected chi connectivity index (χ4v) is 12.0. The van der Waals surface area contributed by atoms with Crippen LogP contribution in [0.4, 0.5) is 13.2 Å². The first kappa shape index (κ1) is 73.4. The van der Waals surface area contributed by atoms with Crippen LogP contribution < -0.4 is 21.3 Å². The summed E-state index contributed by atoms with van der Waals surface area (Å²) < 4.78 is 41.0. The lowest BCUT2D eigenvalue weighted by Crippen LogP contribution is -2.63. The van der Waals surface area contributed by atoms with Crippen LogP contribution in [0.3, 0.4) is 0 Å². The molecule has 0 aromatic heterocycles. The van der Waals surface area contributed by atoms with Crippen molar-refractivity contribution >= 4 is 76.6 Å². The Hall–Kier alpha value is -7.31. The van der Waals surface area contributed by atoms with Crippen molar-refractivity contribution in [3.05, 3.63) is 70.2 Å². The average Bonchev–Trinajstić information content (AvgIpc) is 1.71. The second-order valence-electron chi connectivity index (χ2n) is 25.8. The average molecular weight is 1280 g/mol. The molecule has 0 bridgehead atoms. The number of amides is 11. The number of rotatable bonds is 9. The van der Waals surface area contributed by atoms with Crippen molar-refractivity contribution in [2.24, 2.45) is 17.8 Å². The van der Waals surface area contributed by atoms with Gasteiger partial charge in [-0.15, -0.1) is 0 Å². The number of nitrogens with one attached hydrogen (secondary N) is 4. The van der Waals surface area contributed by atoms with Crippen molar-refractivity contribution in [1.29, 1.82) is 0 Å². The summed E-state index contributed by atoms with van der Waals surface area (Å²) in [5.74, 6) is -8.11. The number of halogens is 4. The highest BCUT2D eigenvalue weighted by Crippen LogP contribution is 2.41. The van der Waals surface area contributed by atoms with E-state index in [9.17, 15) is 61.1 Å². The van der Waals surface area contributed by atoms with E-state index < -0.39 is 156 Å². The zero-order valence-electron chi connectivity index (χ0n) is 54.5. The van der Waals surface area contributed by atoms with Gasteiger partial charge in [0.25, 0.3) is 0 Å². The van der Waals surface area contributed by atoms with Crippen molar-refractivity contribution in [2.45, 2.75) is 186 Å². The molecule has 2 aromatic rings. The van der Waals surface area contributed by atoms with Gasteiger partial charge in [-0.3, -0.25) is 52.7 Å². The highest BCUT2D eigenvalue weighted by Gasteiger charge is 2.51. The number of carbonyl (C=O) groups is 11. The van der Waals surface area contributed by atoms with Gasteiger partial charge in [0.2, 0.25) is 65.0 Å². The molecule has 498 valence electrons. The highest BCUT2D eigenvalue weighted by molar-refractivity contribution is 6.30. The smallest absolute Gasteiger partial charge is 0.351 e. The first-order valence-electron chi connectivity index (χ1n) is 30.9. The van der Waals surface area contributed by atoms with Crippen LogP contribution in [0.2, 0.25) is 5.02 Å². The predicted molar refractivity (Wildman–Crippen MR) is 331 cm³/mol. The molecule has 2 saturated heterocycles. The zero-order chi connectivity index (χ0) is 67.4. The van der Waals surface area contributed by atoms with E-state index in [-0.39, 0.29) is 50.4 Å². The van der Waals surface area contributed by atoms with Gasteiger partial charge in [-0.05, 0) is 119 Å². The Bertz CT molecular complexity index is 2930. The minimum atomic E-state index is -4.62. The summed E-state index contributed by atoms with van der Waals surface area (Å²) in [5.41, 5.74) is -1.61. The second kappa shape index (κ2) is 31.6. The van der Waals surface area contributed by atoms with Crippen molar-refractivity contribution in [1.82, 2.24) is 55.6 Å². The van der Waals surface area contributed by atoms with Gasteiger partial charge in [0, 0.05) is 72.2 Å². The quantitative estimate of drug-likeness (QED) is 0.273. The predicted octanol–water partition coefficient (Wildman–Crippen LogP) is 4.43. The van der Waals surface area contributed by atoms with Crippen LogP contribution in [0.15, 0.2) is 48.5 Å². The Morgan fingerprint density at radius 1 is 0.644 bits per heavy atom. The van der Waals surface area contributed by atoms with E-state index in [4.69, 9.17) is 11.6 Å². The van der Waals surface area contributed by atoms with E-state index >= 15 is 4.79 Å². The number of likely N-dealkylation sites (N-methyl/N-ethyl adjacent to an activating group) is 6. The third-order valence-electron chi connectivity index (χ3n) is 17.8. The van der Waals surface area contributed by atoms with Crippen LogP contribution in [0, 0.1) is 17.8 Å². The largest absolute Gasteiger partial charge is 0.416 e. The molecule has 26 heteroatoms. The first-order valence-corrected chi connectivity index (χ1v) is 31.3. The molecule has 1 saturated carbocycles. The molecule has 11 amide bonds. The second-order valence-corrected chi connectivity index (χ2v) is 26.2. The fraction of sp³-hybridized carbons (Fsp3) is 0.641. The van der Waals surface area contributed by atoms with Crippen LogP contribution in [0.5, 0.6) is 0 Å². The van der Waals surface area contributed by atoms with Crippen molar-refractivity contribution in [3.63, 3.8) is 0 Å². The maximum absolute atomic E-state index is 15.4. The number of aryl methyl sites for hydroxylation is 1. The Morgan fingerprint density at radius 2 is 1.23 bits per heavy atom. The molecule has 4 N–H and O–H groups in total. The number of hydrogen-bond acceptors (Lipinski definition) is 11. The summed E-state index contributed by atoms with van der Waals surface area (Å²) in [6, 6.07) is 2.31. The standard InChI is InChI=1S/C64H93ClF3N11O11/c1-15-38(4)55-61(89)75(11)35-53(82)73(9)36-54(83)77(13)50(32-42-22-27-45(65)28-23-42)60(88)74(10)34-51(80)70-46(29-24-41-20-25-44(26-21-41)64(66,67)68)59(87)79-47-19-17-16-18-43(47)33-49(79)58(86)72-63(7,8)62(90)78(14)48(30-37(2)3)57(85)69-39(5)31-52(81)76(12)40(6)56(84)71-55/h20-23,25-28,37-40,43,46-50,55H,15-19,24,29-36H2,1-14H3,(H,69,85)(H,70,80)(H,71,84)(H,72,86)/t38-,39+,40-,43-,46-,47-,48-,49-,50-,55-/m0/s1. The van der Waals surface area contributed by atoms with Gasteiger partial charge in [-0.25, -0.2) is 0 Å². The maximum Gasteiger partial charge on any atom is 0.416 e. The van der Waals surface area contributed by atoms with Crippen LogP contribution >= 0.6 is 11.6 Å². The molecular formula is C64H93ClF3N11O11. The van der Waals surface area contributed by atoms with Crippen LogP contribution in [-0.4, -0.2) is 215 Å². The van der Waals surface area contributed by atoms with Gasteiger partial charge < -0.3 is 55.6 Å². The first-order chi connectivity index (χ1) is 42.0. The number of nitrogens with zero attached hydrogens (tertiary/aromatic N) is 7. The lowest BCUT2D eigenvalue weighted by Gasteiger charge is -2.38. The Balaban J connectivity index is 1.56. The van der Waals surface area contributed by atoms with E-state index in [1.165, 1.54) is 89.9 Å². The number of alkyl halides is 3. The van der Waals surface area contributed by atoms with E-state index in [1.807, 2.05) is 20.8 Å². The minimum Gasteiger partial charge on any atom is -0.351 e. The molecule has 2 aromatic carbocycles. The van der Waals surface area contributed by atoms with E-state index in [1.54, 1.807) is 38.1 Å². The Kier molecular flexibility index (Phi) is 25.8. The molecule has 2 heterocycles. The molecule has 3 fully saturated rings. The Labute approximate surface area is 532 Å². The summed E-state index contributed by atoms with van der Waals surface area (Å²) >= 11 is 6.21. The Morgan fingerprint density at radius 3 is 1.83 bits per heavy atom. The number of carbonyl (C=O) groups excluding carboxylic acids is 11. The third kappa shape index (κ3) is 19.1. The van der Waals surface area contributed by atoms with Gasteiger partial charge in [0.05, 0.1) is 25.2 Å². The summed E-state index contributed by atoms with van der Waals surface area (Å²) in [4.78, 5) is 167. The fourth-order valence-electron chi connectivity index (χ4n) is 11.9. The SMILES string of the molecule is CC[C@H](C)[C@@H]1NC(=O)[C@H](C)N(C)C(=O)C[C@@H](C)NC(=O)[C@H](CC(C)C)N(C)C(=O)C(C)(C)NC(=O)[C@@H]2C[C@@H]3CCCC[C@@H]3N2C(=O)[C@H](CCc2ccc(C(F)(F)F)cc2)NC(=O)CN(C)C(=O)[C@H](Cc2ccc(Cl)cc2)N(C)C(=O)CN(C)C(=O)CN(C)C1=O. The molecule has 22 nitrogen and oxygen atoms in total. The molecular weight excluding hydrogens is 1190 g/mol. The molecule has 0 unspecified atom stereocenters. The van der Waals surface area contributed by atoms with Crippen molar-refractivity contribution < 1.29 is 65.9 Å². The van der Waals surface area contributed by atoms with E-state index in [0.717, 1.165) is 38.2 Å². The van der Waals surface area contributed by atoms with Crippen LogP contribution in [0.1, 0.15) is 130 Å². The minimum absolute atomic E-state index is 0.0108. The van der Waals surface area contributed by atoms with Crippen molar-refractivity contribution in [2.75, 3.05) is 61.9 Å². The molecule has 10 atom stereocenters. The van der Waals surface area contributed by atoms with Crippen molar-refractivity contribution in [3.8, 4) is 0 Å². The van der Waals surface area contributed by atoms with Gasteiger partial charge in [-0.1, -0.05) is 82.8 Å². The molecule has 0 spiro atoms. The summed E-state index contributed by atoms with van der Waals surface area (Å²) in [6.07, 6.45) is -1.67. The topological polar surface area (TPSA) is 259 Å². The van der Waals surface area contributed by atoms with E-state index in [2.05, 4.69) is 21.3 Å². The van der Waals surface area contributed by atoms with Gasteiger partial charge >= 0.3 is 6.18 Å². The monoisotopic (exact) mass is 1280 g/mol. The molecule has 3 aliphatic rings. The van der Waals surface area contributed by atoms with Crippen LogP contribution in [0.25, 0.3) is 0 Å². The zero-order valence-corrected chi connectivity index (χ0v) is 55.3. The lowest BCUT2D eigenvalue weighted by atomic mass is 9.84. The lowest BCUT2D eigenvalue weighted by molar-refractivity contribution is -0.149. The normalized spacial score (nSPS) is 26.6. The van der Waals surface area contributed by atoms with E-state index in [0.29, 0.717) is 41.8 Å². The van der Waals surface area contributed by atoms with Gasteiger partial charge in [-0.2, -0.15) is 13.2 Å². The summed E-state index contributed by atoms with van der Waals surface area (Å²) in [7, 11) is 8.23. The van der Waals surface area contributed by atoms with Gasteiger partial charge in [0.1, 0.15) is 41.8 Å². The summed E-state index contributed by atoms with van der Waals surface area (Å²) in [5, 5.41) is 11.7.